The molecule has 0 saturated heterocycles. The molecule has 3 aromatic rings. The number of methoxy groups -OCH3 is 1. The molecule has 0 fully saturated rings. The molecule has 10 heteroatoms. The smallest absolute Gasteiger partial charge is 0.264 e. The van der Waals surface area contributed by atoms with Gasteiger partial charge in [0, 0.05) is 9.50 Å². The number of aryl methyl sites for hydroxylation is 1. The van der Waals surface area contributed by atoms with Crippen LogP contribution in [0.25, 0.3) is 0 Å². The number of halogens is 2. The minimum atomic E-state index is -4.13. The third-order valence-electron chi connectivity index (χ3n) is 4.92. The molecule has 0 radical (unpaired) electrons. The zero-order valence-corrected chi connectivity index (χ0v) is 21.9. The molecule has 0 aromatic heterocycles. The molecule has 0 heterocycles. The molecule has 178 valence electrons. The van der Waals surface area contributed by atoms with Gasteiger partial charge in [-0.25, -0.2) is 13.8 Å². The largest absolute Gasteiger partial charge is 0.495 e. The molecule has 1 amide bonds. The number of rotatable bonds is 8. The summed E-state index contributed by atoms with van der Waals surface area (Å²) in [5.41, 5.74) is 4.85. The fourth-order valence-electron chi connectivity index (χ4n) is 3.06. The third kappa shape index (κ3) is 6.16. The molecule has 0 bridgehead atoms. The minimum Gasteiger partial charge on any atom is -0.495 e. The number of ether oxygens (including phenoxy) is 1. The van der Waals surface area contributed by atoms with Crippen molar-refractivity contribution in [3.63, 3.8) is 0 Å². The first kappa shape index (κ1) is 25.7. The summed E-state index contributed by atoms with van der Waals surface area (Å²) in [5, 5.41) is 4.42. The maximum absolute atomic E-state index is 13.6. The summed E-state index contributed by atoms with van der Waals surface area (Å²) >= 11 is 9.52. The van der Waals surface area contributed by atoms with E-state index in [2.05, 4.69) is 26.5 Å². The van der Waals surface area contributed by atoms with Crippen molar-refractivity contribution in [2.45, 2.75) is 18.7 Å². The topological polar surface area (TPSA) is 88.1 Å². The van der Waals surface area contributed by atoms with E-state index in [4.69, 9.17) is 16.3 Å². The second-order valence-electron chi connectivity index (χ2n) is 7.38. The monoisotopic (exact) mass is 563 g/mol. The Hall–Kier alpha value is -2.88. The van der Waals surface area contributed by atoms with Gasteiger partial charge in [-0.3, -0.25) is 9.10 Å². The predicted molar refractivity (Wildman–Crippen MR) is 138 cm³/mol. The standard InChI is InChI=1S/C24H23BrClN3O4S/c1-16-4-11-21(12-5-16)34(31,32)29(22-14-20(26)10-13-23(22)33-3)15-24(30)28-27-17(2)18-6-8-19(25)9-7-18/h4-14H,15H2,1-3H3,(H,28,30)/b27-17-. The Labute approximate surface area is 212 Å². The fourth-order valence-corrected chi connectivity index (χ4v) is 4.92. The van der Waals surface area contributed by atoms with Gasteiger partial charge in [-0.15, -0.1) is 0 Å². The van der Waals surface area contributed by atoms with Gasteiger partial charge in [0.15, 0.2) is 0 Å². The van der Waals surface area contributed by atoms with Crippen LogP contribution in [0.2, 0.25) is 5.02 Å². The van der Waals surface area contributed by atoms with Gasteiger partial charge in [-0.1, -0.05) is 57.4 Å². The number of sulfonamides is 1. The van der Waals surface area contributed by atoms with E-state index in [9.17, 15) is 13.2 Å². The molecule has 0 aliphatic carbocycles. The second kappa shape index (κ2) is 11.0. The van der Waals surface area contributed by atoms with Crippen molar-refractivity contribution in [3.8, 4) is 5.75 Å². The van der Waals surface area contributed by atoms with Crippen LogP contribution in [0.4, 0.5) is 5.69 Å². The first-order valence-corrected chi connectivity index (χ1v) is 12.7. The Morgan fingerprint density at radius 1 is 1.09 bits per heavy atom. The van der Waals surface area contributed by atoms with E-state index in [-0.39, 0.29) is 16.3 Å². The van der Waals surface area contributed by atoms with E-state index in [1.807, 2.05) is 31.2 Å². The van der Waals surface area contributed by atoms with Crippen LogP contribution in [0, 0.1) is 6.92 Å². The Kier molecular flexibility index (Phi) is 8.35. The molecule has 34 heavy (non-hydrogen) atoms. The number of hydrazone groups is 1. The zero-order chi connectivity index (χ0) is 24.9. The molecule has 0 spiro atoms. The van der Waals surface area contributed by atoms with Gasteiger partial charge in [0.1, 0.15) is 12.3 Å². The van der Waals surface area contributed by atoms with Crippen LogP contribution in [0.1, 0.15) is 18.1 Å². The summed E-state index contributed by atoms with van der Waals surface area (Å²) in [7, 11) is -2.72. The normalized spacial score (nSPS) is 11.7. The average molecular weight is 565 g/mol. The van der Waals surface area contributed by atoms with Crippen LogP contribution >= 0.6 is 27.5 Å². The minimum absolute atomic E-state index is 0.0301. The van der Waals surface area contributed by atoms with Gasteiger partial charge in [-0.05, 0) is 61.9 Å². The van der Waals surface area contributed by atoms with Gasteiger partial charge in [0.2, 0.25) is 0 Å². The SMILES string of the molecule is COc1ccc(Cl)cc1N(CC(=O)N/N=C(/C)c1ccc(Br)cc1)S(=O)(=O)c1ccc(C)cc1. The lowest BCUT2D eigenvalue weighted by atomic mass is 10.1. The van der Waals surface area contributed by atoms with E-state index in [0.29, 0.717) is 10.7 Å². The van der Waals surface area contributed by atoms with Gasteiger partial charge in [0.25, 0.3) is 15.9 Å². The van der Waals surface area contributed by atoms with Crippen LogP contribution < -0.4 is 14.5 Å². The van der Waals surface area contributed by atoms with Crippen LogP contribution in [0.15, 0.2) is 81.2 Å². The van der Waals surface area contributed by atoms with Gasteiger partial charge >= 0.3 is 0 Å². The van der Waals surface area contributed by atoms with Crippen LogP contribution in [0.5, 0.6) is 5.75 Å². The highest BCUT2D eigenvalue weighted by molar-refractivity contribution is 9.10. The van der Waals surface area contributed by atoms with Crippen molar-refractivity contribution < 1.29 is 17.9 Å². The first-order chi connectivity index (χ1) is 16.1. The molecule has 3 aromatic carbocycles. The Balaban J connectivity index is 1.95. The molecule has 0 unspecified atom stereocenters. The maximum Gasteiger partial charge on any atom is 0.264 e. The molecule has 1 N–H and O–H groups in total. The van der Waals surface area contributed by atoms with Crippen LogP contribution in [-0.4, -0.2) is 33.7 Å². The summed E-state index contributed by atoms with van der Waals surface area (Å²) in [6.45, 7) is 3.06. The van der Waals surface area contributed by atoms with E-state index >= 15 is 0 Å². The lowest BCUT2D eigenvalue weighted by Gasteiger charge is -2.25. The van der Waals surface area contributed by atoms with Crippen molar-refractivity contribution in [2.24, 2.45) is 5.10 Å². The first-order valence-electron chi connectivity index (χ1n) is 10.1. The molecule has 7 nitrogen and oxygen atoms in total. The summed E-state index contributed by atoms with van der Waals surface area (Å²) < 4.78 is 34.3. The van der Waals surface area contributed by atoms with Crippen molar-refractivity contribution in [2.75, 3.05) is 18.0 Å². The summed E-state index contributed by atoms with van der Waals surface area (Å²) in [4.78, 5) is 12.9. The number of hydrogen-bond donors (Lipinski definition) is 1. The molecule has 0 aliphatic rings. The molecule has 0 aliphatic heterocycles. The number of amides is 1. The van der Waals surface area contributed by atoms with Crippen molar-refractivity contribution >= 4 is 54.9 Å². The molecular weight excluding hydrogens is 542 g/mol. The number of benzene rings is 3. The zero-order valence-electron chi connectivity index (χ0n) is 18.7. The quantitative estimate of drug-likeness (QED) is 0.303. The highest BCUT2D eigenvalue weighted by atomic mass is 79.9. The van der Waals surface area contributed by atoms with Gasteiger partial charge in [0.05, 0.1) is 23.4 Å². The van der Waals surface area contributed by atoms with E-state index in [0.717, 1.165) is 19.9 Å². The predicted octanol–water partition coefficient (Wildman–Crippen LogP) is 5.16. The van der Waals surface area contributed by atoms with Crippen LogP contribution in [0.3, 0.4) is 0 Å². The average Bonchev–Trinajstić information content (AvgIpc) is 2.81. The molecule has 3 rings (SSSR count). The summed E-state index contributed by atoms with van der Waals surface area (Å²) in [6, 6.07) is 18.3. The molecule has 0 saturated carbocycles. The van der Waals surface area contributed by atoms with Gasteiger partial charge < -0.3 is 4.74 Å². The highest BCUT2D eigenvalue weighted by Crippen LogP contribution is 2.34. The van der Waals surface area contributed by atoms with E-state index in [1.54, 1.807) is 31.2 Å². The number of nitrogens with one attached hydrogen (secondary N) is 1. The number of hydrogen-bond acceptors (Lipinski definition) is 5. The number of nitrogens with zero attached hydrogens (tertiary/aromatic N) is 2. The van der Waals surface area contributed by atoms with Crippen molar-refractivity contribution in [1.82, 2.24) is 5.43 Å². The number of carbonyl (C=O) groups is 1. The lowest BCUT2D eigenvalue weighted by Crippen LogP contribution is -2.40. The van der Waals surface area contributed by atoms with Crippen molar-refractivity contribution in [3.05, 3.63) is 87.4 Å². The highest BCUT2D eigenvalue weighted by Gasteiger charge is 2.29. The third-order valence-corrected chi connectivity index (χ3v) is 7.45. The summed E-state index contributed by atoms with van der Waals surface area (Å²) in [6.07, 6.45) is 0. The Bertz CT molecular complexity index is 1310. The summed E-state index contributed by atoms with van der Waals surface area (Å²) in [5.74, 6) is -0.378. The second-order valence-corrected chi connectivity index (χ2v) is 10.6. The van der Waals surface area contributed by atoms with Gasteiger partial charge in [-0.2, -0.15) is 5.10 Å². The Morgan fingerprint density at radius 2 is 1.74 bits per heavy atom. The molecule has 0 atom stereocenters. The van der Waals surface area contributed by atoms with E-state index in [1.165, 1.54) is 25.3 Å². The number of carbonyl (C=O) groups excluding carboxylic acids is 1. The fraction of sp³-hybridized carbons (Fsp3) is 0.167. The number of anilines is 1. The Morgan fingerprint density at radius 3 is 2.35 bits per heavy atom. The lowest BCUT2D eigenvalue weighted by molar-refractivity contribution is -0.119. The van der Waals surface area contributed by atoms with E-state index < -0.39 is 22.5 Å². The van der Waals surface area contributed by atoms with Crippen molar-refractivity contribution in [1.29, 1.82) is 0 Å². The maximum atomic E-state index is 13.6. The van der Waals surface area contributed by atoms with Crippen LogP contribution in [-0.2, 0) is 14.8 Å². The molecular formula is C24H23BrClN3O4S.